The van der Waals surface area contributed by atoms with Crippen LogP contribution in [0.1, 0.15) is 16.5 Å². The molecule has 30 heavy (non-hydrogen) atoms. The maximum atomic E-state index is 5.83. The molecule has 0 aliphatic heterocycles. The average Bonchev–Trinajstić information content (AvgIpc) is 3.36. The van der Waals surface area contributed by atoms with Gasteiger partial charge in [-0.2, -0.15) is 0 Å². The van der Waals surface area contributed by atoms with E-state index in [2.05, 4.69) is 37.9 Å². The molecule has 2 heterocycles. The number of rotatable bonds is 9. The number of ether oxygens (including phenoxy) is 1. The quantitative estimate of drug-likeness (QED) is 0.256. The Kier molecular flexibility index (Phi) is 10.1. The number of para-hydroxylation sites is 1. The lowest BCUT2D eigenvalue weighted by Crippen LogP contribution is -2.41. The van der Waals surface area contributed by atoms with Crippen molar-refractivity contribution < 1.29 is 4.74 Å². The lowest BCUT2D eigenvalue weighted by Gasteiger charge is -2.22. The molecule has 0 saturated heterocycles. The summed E-state index contributed by atoms with van der Waals surface area (Å²) in [4.78, 5) is 8.21. The molecule has 3 rings (SSSR count). The topological polar surface area (TPSA) is 67.6 Å². The third kappa shape index (κ3) is 7.28. The Bertz CT molecular complexity index is 898. The van der Waals surface area contributed by atoms with E-state index in [1.165, 1.54) is 4.88 Å². The molecular weight excluding hydrogens is 511 g/mol. The van der Waals surface area contributed by atoms with E-state index in [0.29, 0.717) is 13.2 Å². The number of guanidine groups is 1. The van der Waals surface area contributed by atoms with Gasteiger partial charge in [0.1, 0.15) is 24.7 Å². The van der Waals surface area contributed by atoms with Gasteiger partial charge in [-0.05, 0) is 36.9 Å². The molecule has 3 aromatic rings. The first kappa shape index (κ1) is 24.1. The molecule has 0 fully saturated rings. The number of aromatic nitrogens is 3. The standard InChI is InChI=1S/C21H28N6OS.HI/c1-17-24-25-20(27(17)3)16-23-21(22-12-11-19-10-7-15-29-19)26(2)13-14-28-18-8-5-4-6-9-18;/h4-10,15H,11-14,16H2,1-3H3,(H,22,23);1H. The van der Waals surface area contributed by atoms with Crippen molar-refractivity contribution in [1.29, 1.82) is 0 Å². The summed E-state index contributed by atoms with van der Waals surface area (Å²) in [7, 11) is 3.98. The number of benzene rings is 1. The lowest BCUT2D eigenvalue weighted by atomic mass is 10.3. The van der Waals surface area contributed by atoms with Crippen molar-refractivity contribution in [2.45, 2.75) is 19.9 Å². The summed E-state index contributed by atoms with van der Waals surface area (Å²) >= 11 is 1.77. The van der Waals surface area contributed by atoms with Crippen LogP contribution < -0.4 is 10.1 Å². The fourth-order valence-electron chi connectivity index (χ4n) is 2.72. The highest BCUT2D eigenvalue weighted by Gasteiger charge is 2.09. The number of aliphatic imine (C=N–C) groups is 1. The first-order valence-corrected chi connectivity index (χ1v) is 10.6. The monoisotopic (exact) mass is 540 g/mol. The maximum absolute atomic E-state index is 5.83. The highest BCUT2D eigenvalue weighted by molar-refractivity contribution is 14.0. The van der Waals surface area contributed by atoms with Crippen molar-refractivity contribution in [2.24, 2.45) is 12.0 Å². The number of nitrogens with one attached hydrogen (secondary N) is 1. The summed E-state index contributed by atoms with van der Waals surface area (Å²) in [5, 5.41) is 13.9. The van der Waals surface area contributed by atoms with Crippen LogP contribution in [0.2, 0.25) is 0 Å². The fourth-order valence-corrected chi connectivity index (χ4v) is 3.43. The van der Waals surface area contributed by atoms with Crippen LogP contribution in [-0.2, 0) is 20.0 Å². The zero-order chi connectivity index (χ0) is 20.5. The van der Waals surface area contributed by atoms with Crippen molar-refractivity contribution in [3.8, 4) is 5.75 Å². The minimum Gasteiger partial charge on any atom is -0.492 e. The summed E-state index contributed by atoms with van der Waals surface area (Å²) in [5.74, 6) is 3.43. The number of halogens is 1. The van der Waals surface area contributed by atoms with E-state index in [9.17, 15) is 0 Å². The minimum atomic E-state index is 0. The van der Waals surface area contributed by atoms with Crippen molar-refractivity contribution >= 4 is 41.3 Å². The first-order valence-electron chi connectivity index (χ1n) is 9.68. The summed E-state index contributed by atoms with van der Waals surface area (Å²) in [5.41, 5.74) is 0. The molecule has 1 aromatic carbocycles. The molecule has 2 aromatic heterocycles. The van der Waals surface area contributed by atoms with Crippen molar-refractivity contribution in [3.05, 3.63) is 64.4 Å². The number of likely N-dealkylation sites (N-methyl/N-ethyl adjacent to an activating group) is 1. The number of hydrogen-bond donors (Lipinski definition) is 1. The number of aryl methyl sites for hydroxylation is 1. The van der Waals surface area contributed by atoms with E-state index in [1.807, 2.05) is 55.9 Å². The van der Waals surface area contributed by atoms with Gasteiger partial charge in [0, 0.05) is 25.5 Å². The van der Waals surface area contributed by atoms with E-state index in [4.69, 9.17) is 9.73 Å². The third-order valence-corrected chi connectivity index (χ3v) is 5.52. The molecule has 0 aliphatic carbocycles. The Balaban J connectivity index is 0.00000320. The molecule has 0 bridgehead atoms. The van der Waals surface area contributed by atoms with Gasteiger partial charge in [0.2, 0.25) is 0 Å². The maximum Gasteiger partial charge on any atom is 0.194 e. The SMILES string of the molecule is Cc1nnc(CN=C(NCCc2cccs2)N(C)CCOc2ccccc2)n1C.I. The number of thiophene rings is 1. The number of nitrogens with zero attached hydrogens (tertiary/aromatic N) is 5. The highest BCUT2D eigenvalue weighted by Crippen LogP contribution is 2.09. The molecule has 1 N–H and O–H groups in total. The lowest BCUT2D eigenvalue weighted by molar-refractivity contribution is 0.281. The van der Waals surface area contributed by atoms with E-state index in [0.717, 1.165) is 42.9 Å². The van der Waals surface area contributed by atoms with Gasteiger partial charge in [-0.3, -0.25) is 0 Å². The van der Waals surface area contributed by atoms with Gasteiger partial charge >= 0.3 is 0 Å². The summed E-state index contributed by atoms with van der Waals surface area (Å²) < 4.78 is 7.79. The van der Waals surface area contributed by atoms with Crippen molar-refractivity contribution in [3.63, 3.8) is 0 Å². The smallest absolute Gasteiger partial charge is 0.194 e. The van der Waals surface area contributed by atoms with Gasteiger partial charge in [-0.15, -0.1) is 45.5 Å². The van der Waals surface area contributed by atoms with Crippen LogP contribution >= 0.6 is 35.3 Å². The molecule has 0 amide bonds. The van der Waals surface area contributed by atoms with E-state index < -0.39 is 0 Å². The van der Waals surface area contributed by atoms with Crippen LogP contribution in [0.25, 0.3) is 0 Å². The van der Waals surface area contributed by atoms with Crippen LogP contribution in [-0.4, -0.2) is 52.4 Å². The zero-order valence-electron chi connectivity index (χ0n) is 17.6. The number of hydrogen-bond acceptors (Lipinski definition) is 5. The molecular formula is C21H29IN6OS. The van der Waals surface area contributed by atoms with Gasteiger partial charge in [0.15, 0.2) is 11.8 Å². The Morgan fingerprint density at radius 1 is 1.20 bits per heavy atom. The largest absolute Gasteiger partial charge is 0.492 e. The second-order valence-corrected chi connectivity index (χ2v) is 7.73. The Morgan fingerprint density at radius 3 is 2.67 bits per heavy atom. The second kappa shape index (κ2) is 12.5. The average molecular weight is 540 g/mol. The van der Waals surface area contributed by atoms with Gasteiger partial charge in [0.25, 0.3) is 0 Å². The van der Waals surface area contributed by atoms with Gasteiger partial charge < -0.3 is 19.5 Å². The van der Waals surface area contributed by atoms with E-state index in [1.54, 1.807) is 11.3 Å². The predicted octanol–water partition coefficient (Wildman–Crippen LogP) is 3.50. The molecule has 0 atom stereocenters. The molecule has 0 aliphatic rings. The molecule has 9 heteroatoms. The van der Waals surface area contributed by atoms with Gasteiger partial charge in [-0.1, -0.05) is 24.3 Å². The molecule has 0 saturated carbocycles. The molecule has 162 valence electrons. The highest BCUT2D eigenvalue weighted by atomic mass is 127. The Morgan fingerprint density at radius 2 is 2.00 bits per heavy atom. The van der Waals surface area contributed by atoms with Crippen LogP contribution in [0, 0.1) is 6.92 Å². The molecule has 0 radical (unpaired) electrons. The Hall–Kier alpha value is -2.14. The van der Waals surface area contributed by atoms with Crippen LogP contribution in [0.4, 0.5) is 0 Å². The molecule has 7 nitrogen and oxygen atoms in total. The summed E-state index contributed by atoms with van der Waals surface area (Å²) in [6.07, 6.45) is 0.966. The Labute approximate surface area is 199 Å². The third-order valence-electron chi connectivity index (χ3n) is 4.59. The summed E-state index contributed by atoms with van der Waals surface area (Å²) in [6, 6.07) is 14.1. The van der Waals surface area contributed by atoms with Crippen molar-refractivity contribution in [1.82, 2.24) is 25.0 Å². The predicted molar refractivity (Wildman–Crippen MR) is 133 cm³/mol. The minimum absolute atomic E-state index is 0. The van der Waals surface area contributed by atoms with E-state index >= 15 is 0 Å². The van der Waals surface area contributed by atoms with Crippen LogP contribution in [0.15, 0.2) is 52.8 Å². The van der Waals surface area contributed by atoms with E-state index in [-0.39, 0.29) is 24.0 Å². The van der Waals surface area contributed by atoms with Crippen LogP contribution in [0.5, 0.6) is 5.75 Å². The van der Waals surface area contributed by atoms with Gasteiger partial charge in [0.05, 0.1) is 6.54 Å². The molecule has 0 spiro atoms. The first-order chi connectivity index (χ1) is 14.1. The normalized spacial score (nSPS) is 11.1. The summed E-state index contributed by atoms with van der Waals surface area (Å²) in [6.45, 7) is 4.53. The van der Waals surface area contributed by atoms with Crippen molar-refractivity contribution in [2.75, 3.05) is 26.7 Å². The van der Waals surface area contributed by atoms with Crippen LogP contribution in [0.3, 0.4) is 0 Å². The zero-order valence-corrected chi connectivity index (χ0v) is 20.8. The van der Waals surface area contributed by atoms with Gasteiger partial charge in [-0.25, -0.2) is 4.99 Å². The second-order valence-electron chi connectivity index (χ2n) is 6.70. The fraction of sp³-hybridized carbons (Fsp3) is 0.381. The molecule has 0 unspecified atom stereocenters.